The minimum Gasteiger partial charge on any atom is -0.351 e. The van der Waals surface area contributed by atoms with Crippen molar-refractivity contribution >= 4 is 40.6 Å². The maximum atomic E-state index is 12.4. The first-order chi connectivity index (χ1) is 14.7. The molecule has 3 aromatic rings. The monoisotopic (exact) mass is 460 g/mol. The number of hydrogen-bond donors (Lipinski definition) is 1. The van der Waals surface area contributed by atoms with Crippen LogP contribution >= 0.6 is 34.7 Å². The SMILES string of the molecule is O=C(CSc1nnc(Cc2cccs2)n1C1CCCCC1)NCc1ccccc1Cl. The zero-order valence-electron chi connectivity index (χ0n) is 16.7. The van der Waals surface area contributed by atoms with Gasteiger partial charge in [-0.05, 0) is 35.9 Å². The summed E-state index contributed by atoms with van der Waals surface area (Å²) in [4.78, 5) is 13.7. The van der Waals surface area contributed by atoms with E-state index < -0.39 is 0 Å². The first-order valence-corrected chi connectivity index (χ1v) is 12.5. The summed E-state index contributed by atoms with van der Waals surface area (Å²) in [5, 5.41) is 15.5. The first kappa shape index (κ1) is 21.4. The topological polar surface area (TPSA) is 59.8 Å². The van der Waals surface area contributed by atoms with E-state index >= 15 is 0 Å². The molecule has 5 nitrogen and oxygen atoms in total. The quantitative estimate of drug-likeness (QED) is 0.451. The Morgan fingerprint density at radius 1 is 1.17 bits per heavy atom. The van der Waals surface area contributed by atoms with E-state index in [2.05, 4.69) is 37.6 Å². The van der Waals surface area contributed by atoms with Crippen molar-refractivity contribution in [1.29, 1.82) is 0 Å². The van der Waals surface area contributed by atoms with Gasteiger partial charge in [0.1, 0.15) is 5.82 Å². The number of aromatic nitrogens is 3. The molecule has 0 aliphatic heterocycles. The minimum absolute atomic E-state index is 0.0297. The van der Waals surface area contributed by atoms with Crippen LogP contribution in [0.15, 0.2) is 46.9 Å². The van der Waals surface area contributed by atoms with Crippen LogP contribution in [0.1, 0.15) is 54.4 Å². The molecule has 2 heterocycles. The fourth-order valence-corrected chi connectivity index (χ4v) is 5.58. The number of hydrogen-bond acceptors (Lipinski definition) is 5. The third-order valence-electron chi connectivity index (χ3n) is 5.35. The number of carbonyl (C=O) groups excluding carboxylic acids is 1. The molecule has 0 spiro atoms. The molecule has 2 aromatic heterocycles. The molecule has 1 aromatic carbocycles. The molecule has 4 rings (SSSR count). The minimum atomic E-state index is -0.0297. The Hall–Kier alpha value is -1.83. The Kier molecular flexibility index (Phi) is 7.47. The van der Waals surface area contributed by atoms with Crippen molar-refractivity contribution in [2.24, 2.45) is 0 Å². The van der Waals surface area contributed by atoms with E-state index in [0.29, 0.717) is 23.4 Å². The molecule has 1 aliphatic rings. The van der Waals surface area contributed by atoms with Gasteiger partial charge in [0.15, 0.2) is 5.16 Å². The molecule has 30 heavy (non-hydrogen) atoms. The van der Waals surface area contributed by atoms with Crippen LogP contribution in [0.2, 0.25) is 5.02 Å². The van der Waals surface area contributed by atoms with E-state index in [1.54, 1.807) is 11.3 Å². The molecule has 0 unspecified atom stereocenters. The lowest BCUT2D eigenvalue weighted by molar-refractivity contribution is -0.118. The van der Waals surface area contributed by atoms with Gasteiger partial charge in [-0.15, -0.1) is 21.5 Å². The summed E-state index contributed by atoms with van der Waals surface area (Å²) >= 11 is 9.38. The van der Waals surface area contributed by atoms with Crippen molar-refractivity contribution in [2.45, 2.75) is 56.3 Å². The van der Waals surface area contributed by atoms with E-state index in [-0.39, 0.29) is 5.91 Å². The summed E-state index contributed by atoms with van der Waals surface area (Å²) < 4.78 is 2.30. The van der Waals surface area contributed by atoms with Crippen LogP contribution in [-0.4, -0.2) is 26.4 Å². The summed E-state index contributed by atoms with van der Waals surface area (Å²) in [6.45, 7) is 0.429. The number of thiophene rings is 1. The van der Waals surface area contributed by atoms with Gasteiger partial charge in [-0.3, -0.25) is 4.79 Å². The smallest absolute Gasteiger partial charge is 0.230 e. The fraction of sp³-hybridized carbons (Fsp3) is 0.409. The highest BCUT2D eigenvalue weighted by atomic mass is 35.5. The predicted octanol–water partition coefficient (Wildman–Crippen LogP) is 5.50. The molecule has 1 saturated carbocycles. The molecule has 0 radical (unpaired) electrons. The van der Waals surface area contributed by atoms with Crippen LogP contribution in [-0.2, 0) is 17.8 Å². The number of benzene rings is 1. The Morgan fingerprint density at radius 3 is 2.77 bits per heavy atom. The zero-order valence-corrected chi connectivity index (χ0v) is 19.1. The summed E-state index contributed by atoms with van der Waals surface area (Å²) in [5.74, 6) is 1.29. The van der Waals surface area contributed by atoms with E-state index in [1.165, 1.54) is 35.9 Å². The molecule has 8 heteroatoms. The fourth-order valence-electron chi connectivity index (χ4n) is 3.82. The van der Waals surface area contributed by atoms with Crippen molar-refractivity contribution in [3.05, 3.63) is 63.1 Å². The van der Waals surface area contributed by atoms with Crippen molar-refractivity contribution in [1.82, 2.24) is 20.1 Å². The van der Waals surface area contributed by atoms with Crippen LogP contribution in [0.4, 0.5) is 0 Å². The summed E-state index contributed by atoms with van der Waals surface area (Å²) in [7, 11) is 0. The van der Waals surface area contributed by atoms with E-state index in [1.807, 2.05) is 24.3 Å². The van der Waals surface area contributed by atoms with Gasteiger partial charge in [0.05, 0.1) is 5.75 Å². The number of nitrogens with one attached hydrogen (secondary N) is 1. The Balaban J connectivity index is 1.41. The highest BCUT2D eigenvalue weighted by Gasteiger charge is 2.23. The predicted molar refractivity (Wildman–Crippen MR) is 123 cm³/mol. The van der Waals surface area contributed by atoms with Crippen LogP contribution in [0.5, 0.6) is 0 Å². The van der Waals surface area contributed by atoms with E-state index in [9.17, 15) is 4.79 Å². The van der Waals surface area contributed by atoms with Gasteiger partial charge in [-0.2, -0.15) is 0 Å². The van der Waals surface area contributed by atoms with Crippen LogP contribution in [0.25, 0.3) is 0 Å². The normalized spacial score (nSPS) is 14.7. The maximum absolute atomic E-state index is 12.4. The summed E-state index contributed by atoms with van der Waals surface area (Å²) in [5.41, 5.74) is 0.918. The molecular weight excluding hydrogens is 436 g/mol. The lowest BCUT2D eigenvalue weighted by atomic mass is 9.95. The molecule has 1 aliphatic carbocycles. The number of carbonyl (C=O) groups is 1. The van der Waals surface area contributed by atoms with Crippen molar-refractivity contribution in [2.75, 3.05) is 5.75 Å². The Morgan fingerprint density at radius 2 is 2.00 bits per heavy atom. The molecule has 158 valence electrons. The Bertz CT molecular complexity index is 967. The molecule has 1 fully saturated rings. The molecule has 1 N–H and O–H groups in total. The number of amides is 1. The first-order valence-electron chi connectivity index (χ1n) is 10.3. The van der Waals surface area contributed by atoms with Crippen molar-refractivity contribution in [3.63, 3.8) is 0 Å². The molecular formula is C22H25ClN4OS2. The number of halogens is 1. The summed E-state index contributed by atoms with van der Waals surface area (Å²) in [6, 6.07) is 12.2. The summed E-state index contributed by atoms with van der Waals surface area (Å²) in [6.07, 6.45) is 6.88. The third-order valence-corrected chi connectivity index (χ3v) is 7.54. The van der Waals surface area contributed by atoms with Crippen molar-refractivity contribution < 1.29 is 4.79 Å². The Labute approximate surface area is 190 Å². The number of thioether (sulfide) groups is 1. The molecule has 1 amide bonds. The van der Waals surface area contributed by atoms with E-state index in [0.717, 1.165) is 35.8 Å². The second-order valence-corrected chi connectivity index (χ2v) is 9.86. The van der Waals surface area contributed by atoms with Gasteiger partial charge in [0, 0.05) is 28.9 Å². The van der Waals surface area contributed by atoms with Gasteiger partial charge in [0.2, 0.25) is 5.91 Å². The van der Waals surface area contributed by atoms with Crippen molar-refractivity contribution in [3.8, 4) is 0 Å². The van der Waals surface area contributed by atoms with Crippen LogP contribution in [0.3, 0.4) is 0 Å². The van der Waals surface area contributed by atoms with Gasteiger partial charge in [-0.1, -0.05) is 66.9 Å². The highest BCUT2D eigenvalue weighted by molar-refractivity contribution is 7.99. The van der Waals surface area contributed by atoms with Gasteiger partial charge < -0.3 is 9.88 Å². The van der Waals surface area contributed by atoms with Gasteiger partial charge in [-0.25, -0.2) is 0 Å². The second-order valence-electron chi connectivity index (χ2n) is 7.47. The average Bonchev–Trinajstić information content (AvgIpc) is 3.42. The number of rotatable bonds is 8. The second kappa shape index (κ2) is 10.5. The van der Waals surface area contributed by atoms with Crippen LogP contribution in [0, 0.1) is 0 Å². The lowest BCUT2D eigenvalue weighted by Gasteiger charge is -2.25. The van der Waals surface area contributed by atoms with Gasteiger partial charge in [0.25, 0.3) is 0 Å². The molecule has 0 bridgehead atoms. The third kappa shape index (κ3) is 5.45. The zero-order chi connectivity index (χ0) is 20.8. The molecule has 0 saturated heterocycles. The van der Waals surface area contributed by atoms with Crippen LogP contribution < -0.4 is 5.32 Å². The standard InChI is InChI=1S/C22H25ClN4OS2/c23-19-11-5-4-7-16(19)14-24-21(28)15-30-22-26-25-20(13-18-10-6-12-29-18)27(22)17-8-2-1-3-9-17/h4-7,10-12,17H,1-3,8-9,13-15H2,(H,24,28). The van der Waals surface area contributed by atoms with E-state index in [4.69, 9.17) is 11.6 Å². The van der Waals surface area contributed by atoms with Gasteiger partial charge >= 0.3 is 0 Å². The number of nitrogens with zero attached hydrogens (tertiary/aromatic N) is 3. The average molecular weight is 461 g/mol. The lowest BCUT2D eigenvalue weighted by Crippen LogP contribution is -2.25. The molecule has 0 atom stereocenters. The highest BCUT2D eigenvalue weighted by Crippen LogP contribution is 2.33. The maximum Gasteiger partial charge on any atom is 0.230 e. The largest absolute Gasteiger partial charge is 0.351 e.